The molecule has 0 N–H and O–H groups in total. The first kappa shape index (κ1) is 19.2. The van der Waals surface area contributed by atoms with E-state index in [9.17, 15) is 9.59 Å². The third-order valence-electron chi connectivity index (χ3n) is 5.12. The standard InChI is InChI=1S/C20H27N3O4/c1-5-6-22-7-9-23(10-8-22)20(25)16-13-21(2)19(24)15-12-18(27-4)17(26-3)11-14(15)16/h11-13H,5-10H2,1-4H3. The van der Waals surface area contributed by atoms with Gasteiger partial charge < -0.3 is 18.9 Å². The molecule has 0 atom stereocenters. The Labute approximate surface area is 159 Å². The lowest BCUT2D eigenvalue weighted by molar-refractivity contribution is 0.0638. The van der Waals surface area contributed by atoms with Crippen LogP contribution in [0.25, 0.3) is 10.8 Å². The first-order chi connectivity index (χ1) is 13.0. The number of ether oxygens (including phenoxy) is 2. The van der Waals surface area contributed by atoms with Gasteiger partial charge in [0.05, 0.1) is 25.2 Å². The van der Waals surface area contributed by atoms with Crippen LogP contribution >= 0.6 is 0 Å². The first-order valence-electron chi connectivity index (χ1n) is 9.27. The summed E-state index contributed by atoms with van der Waals surface area (Å²) in [6.45, 7) is 6.35. The van der Waals surface area contributed by atoms with E-state index in [4.69, 9.17) is 9.47 Å². The summed E-state index contributed by atoms with van der Waals surface area (Å²) < 4.78 is 12.1. The van der Waals surface area contributed by atoms with Crippen LogP contribution in [0.5, 0.6) is 11.5 Å². The summed E-state index contributed by atoms with van der Waals surface area (Å²) in [4.78, 5) is 30.0. The number of nitrogens with zero attached hydrogens (tertiary/aromatic N) is 3. The minimum Gasteiger partial charge on any atom is -0.493 e. The molecule has 1 aromatic heterocycles. The van der Waals surface area contributed by atoms with Crippen molar-refractivity contribution in [3.05, 3.63) is 34.2 Å². The van der Waals surface area contributed by atoms with E-state index in [1.165, 1.54) is 11.7 Å². The molecule has 0 bridgehead atoms. The number of methoxy groups -OCH3 is 2. The summed E-state index contributed by atoms with van der Waals surface area (Å²) in [5, 5.41) is 1.04. The Morgan fingerprint density at radius 2 is 1.63 bits per heavy atom. The van der Waals surface area contributed by atoms with Crippen molar-refractivity contribution >= 4 is 16.7 Å². The van der Waals surface area contributed by atoms with Gasteiger partial charge >= 0.3 is 0 Å². The van der Waals surface area contributed by atoms with Crippen molar-refractivity contribution < 1.29 is 14.3 Å². The first-order valence-corrected chi connectivity index (χ1v) is 9.27. The molecule has 2 heterocycles. The molecule has 27 heavy (non-hydrogen) atoms. The van der Waals surface area contributed by atoms with E-state index in [0.717, 1.165) is 26.1 Å². The summed E-state index contributed by atoms with van der Waals surface area (Å²) in [5.74, 6) is 0.916. The highest BCUT2D eigenvalue weighted by molar-refractivity contribution is 6.07. The molecule has 1 amide bonds. The van der Waals surface area contributed by atoms with E-state index in [-0.39, 0.29) is 11.5 Å². The van der Waals surface area contributed by atoms with Gasteiger partial charge in [0.1, 0.15) is 0 Å². The number of rotatable bonds is 5. The van der Waals surface area contributed by atoms with Gasteiger partial charge in [-0.05, 0) is 25.1 Å². The average molecular weight is 373 g/mol. The predicted molar refractivity (Wildman–Crippen MR) is 105 cm³/mol. The van der Waals surface area contributed by atoms with Gasteiger partial charge in [-0.25, -0.2) is 0 Å². The maximum atomic E-state index is 13.2. The van der Waals surface area contributed by atoms with Crippen molar-refractivity contribution in [3.8, 4) is 11.5 Å². The Bertz CT molecular complexity index is 898. The molecule has 3 rings (SSSR count). The van der Waals surface area contributed by atoms with E-state index in [0.29, 0.717) is 40.9 Å². The van der Waals surface area contributed by atoms with Crippen LogP contribution in [-0.2, 0) is 7.05 Å². The summed E-state index contributed by atoms with van der Waals surface area (Å²) in [6.07, 6.45) is 2.73. The van der Waals surface area contributed by atoms with Crippen molar-refractivity contribution in [3.63, 3.8) is 0 Å². The van der Waals surface area contributed by atoms with Crippen LogP contribution in [0.2, 0.25) is 0 Å². The number of piperazine rings is 1. The lowest BCUT2D eigenvalue weighted by Gasteiger charge is -2.34. The number of carbonyl (C=O) groups excluding carboxylic acids is 1. The van der Waals surface area contributed by atoms with Gasteiger partial charge in [0, 0.05) is 44.8 Å². The molecule has 0 aliphatic carbocycles. The molecule has 0 radical (unpaired) electrons. The van der Waals surface area contributed by atoms with Crippen LogP contribution in [0.4, 0.5) is 0 Å². The smallest absolute Gasteiger partial charge is 0.258 e. The predicted octanol–water partition coefficient (Wildman–Crippen LogP) is 1.72. The number of aryl methyl sites for hydroxylation is 1. The number of hydrogen-bond donors (Lipinski definition) is 0. The molecule has 0 unspecified atom stereocenters. The summed E-state index contributed by atoms with van der Waals surface area (Å²) in [7, 11) is 4.73. The van der Waals surface area contributed by atoms with Gasteiger partial charge in [0.25, 0.3) is 11.5 Å². The highest BCUT2D eigenvalue weighted by atomic mass is 16.5. The molecule has 1 aliphatic rings. The minimum atomic E-state index is -0.171. The summed E-state index contributed by atoms with van der Waals surface area (Å²) in [5.41, 5.74) is 0.340. The Balaban J connectivity index is 2.02. The van der Waals surface area contributed by atoms with Crippen molar-refractivity contribution in [2.75, 3.05) is 46.9 Å². The highest BCUT2D eigenvalue weighted by Gasteiger charge is 2.25. The lowest BCUT2D eigenvalue weighted by Crippen LogP contribution is -2.49. The third kappa shape index (κ3) is 3.64. The normalized spacial score (nSPS) is 15.2. The molecule has 1 aromatic carbocycles. The van der Waals surface area contributed by atoms with Gasteiger partial charge in [-0.1, -0.05) is 6.92 Å². The van der Waals surface area contributed by atoms with E-state index in [1.54, 1.807) is 32.5 Å². The van der Waals surface area contributed by atoms with Crippen LogP contribution in [0.3, 0.4) is 0 Å². The van der Waals surface area contributed by atoms with Gasteiger partial charge in [-0.2, -0.15) is 0 Å². The molecule has 7 nitrogen and oxygen atoms in total. The topological polar surface area (TPSA) is 64.0 Å². The number of hydrogen-bond acceptors (Lipinski definition) is 5. The number of pyridine rings is 1. The van der Waals surface area contributed by atoms with Crippen molar-refractivity contribution in [1.82, 2.24) is 14.4 Å². The van der Waals surface area contributed by atoms with Crippen LogP contribution in [-0.4, -0.2) is 67.2 Å². The molecule has 146 valence electrons. The lowest BCUT2D eigenvalue weighted by atomic mass is 10.0. The maximum Gasteiger partial charge on any atom is 0.258 e. The maximum absolute atomic E-state index is 13.2. The van der Waals surface area contributed by atoms with Gasteiger partial charge in [-0.3, -0.25) is 14.5 Å². The second kappa shape index (κ2) is 8.00. The molecule has 1 aliphatic heterocycles. The van der Waals surface area contributed by atoms with E-state index in [1.807, 2.05) is 4.90 Å². The molecule has 1 saturated heterocycles. The molecule has 1 fully saturated rings. The number of fused-ring (bicyclic) bond motifs is 1. The fourth-order valence-corrected chi connectivity index (χ4v) is 3.62. The zero-order valence-corrected chi connectivity index (χ0v) is 16.4. The highest BCUT2D eigenvalue weighted by Crippen LogP contribution is 2.32. The molecule has 0 spiro atoms. The Kier molecular flexibility index (Phi) is 5.70. The van der Waals surface area contributed by atoms with Gasteiger partial charge in [0.2, 0.25) is 0 Å². The average Bonchev–Trinajstić information content (AvgIpc) is 2.70. The Hall–Kier alpha value is -2.54. The number of aromatic nitrogens is 1. The van der Waals surface area contributed by atoms with Crippen LogP contribution in [0.1, 0.15) is 23.7 Å². The van der Waals surface area contributed by atoms with Crippen LogP contribution in [0, 0.1) is 0 Å². The zero-order chi connectivity index (χ0) is 19.6. The molecular formula is C20H27N3O4. The largest absolute Gasteiger partial charge is 0.493 e. The Morgan fingerprint density at radius 1 is 1.04 bits per heavy atom. The van der Waals surface area contributed by atoms with E-state index < -0.39 is 0 Å². The molecule has 0 saturated carbocycles. The van der Waals surface area contributed by atoms with Crippen molar-refractivity contribution in [2.45, 2.75) is 13.3 Å². The second-order valence-electron chi connectivity index (χ2n) is 6.85. The van der Waals surface area contributed by atoms with E-state index in [2.05, 4.69) is 11.8 Å². The number of amides is 1. The fourth-order valence-electron chi connectivity index (χ4n) is 3.62. The third-order valence-corrected chi connectivity index (χ3v) is 5.12. The quantitative estimate of drug-likeness (QED) is 0.799. The summed E-state index contributed by atoms with van der Waals surface area (Å²) in [6, 6.07) is 3.36. The van der Waals surface area contributed by atoms with Crippen molar-refractivity contribution in [1.29, 1.82) is 0 Å². The van der Waals surface area contributed by atoms with Gasteiger partial charge in [0.15, 0.2) is 11.5 Å². The number of benzene rings is 1. The number of carbonyl (C=O) groups is 1. The van der Waals surface area contributed by atoms with Crippen LogP contribution < -0.4 is 15.0 Å². The zero-order valence-electron chi connectivity index (χ0n) is 16.4. The summed E-state index contributed by atoms with van der Waals surface area (Å²) >= 11 is 0. The molecule has 7 heteroatoms. The van der Waals surface area contributed by atoms with Crippen LogP contribution in [0.15, 0.2) is 23.1 Å². The van der Waals surface area contributed by atoms with E-state index >= 15 is 0 Å². The van der Waals surface area contributed by atoms with Crippen molar-refractivity contribution in [2.24, 2.45) is 7.05 Å². The Morgan fingerprint density at radius 3 is 2.19 bits per heavy atom. The fraction of sp³-hybridized carbons (Fsp3) is 0.500. The molecular weight excluding hydrogens is 346 g/mol. The second-order valence-corrected chi connectivity index (χ2v) is 6.85. The minimum absolute atomic E-state index is 0.0565. The SMILES string of the molecule is CCCN1CCN(C(=O)c2cn(C)c(=O)c3cc(OC)c(OC)cc23)CC1. The molecule has 2 aromatic rings. The monoisotopic (exact) mass is 373 g/mol. The van der Waals surface area contributed by atoms with Gasteiger partial charge in [-0.15, -0.1) is 0 Å².